The number of aliphatic hydroxyl groups is 4. The molecule has 1 fully saturated rings. The minimum atomic E-state index is -0.827. The maximum absolute atomic E-state index is 11.7. The van der Waals surface area contributed by atoms with Gasteiger partial charge in [-0.2, -0.15) is 0 Å². The number of allylic oxidation sites excluding steroid dienone is 2. The molecule has 0 radical (unpaired) electrons. The molecule has 7 heteroatoms. The number of esters is 1. The van der Waals surface area contributed by atoms with Gasteiger partial charge in [0.2, 0.25) is 0 Å². The van der Waals surface area contributed by atoms with Crippen LogP contribution in [-0.2, 0) is 14.3 Å². The summed E-state index contributed by atoms with van der Waals surface area (Å²) in [6, 6.07) is 0. The van der Waals surface area contributed by atoms with Gasteiger partial charge in [0.15, 0.2) is 0 Å². The van der Waals surface area contributed by atoms with Crippen LogP contribution in [0.2, 0.25) is 0 Å². The maximum atomic E-state index is 11.7. The van der Waals surface area contributed by atoms with Gasteiger partial charge in [-0.15, -0.1) is 0 Å². The zero-order valence-electron chi connectivity index (χ0n) is 28.1. The third kappa shape index (κ3) is 17.4. The number of unbranched alkanes of at least 4 members (excludes halogenated alkanes) is 12. The predicted octanol–water partition coefficient (Wildman–Crippen LogP) is 7.62. The topological polar surface area (TPSA) is 116 Å². The third-order valence-corrected chi connectivity index (χ3v) is 9.30. The van der Waals surface area contributed by atoms with Crippen LogP contribution in [0.25, 0.3) is 0 Å². The van der Waals surface area contributed by atoms with Crippen LogP contribution < -0.4 is 0 Å². The van der Waals surface area contributed by atoms with E-state index in [1.807, 2.05) is 6.92 Å². The van der Waals surface area contributed by atoms with E-state index >= 15 is 0 Å². The van der Waals surface area contributed by atoms with E-state index in [0.717, 1.165) is 51.4 Å². The lowest BCUT2D eigenvalue weighted by molar-refractivity contribution is -0.139. The molecule has 256 valence electrons. The first-order chi connectivity index (χ1) is 21.3. The lowest BCUT2D eigenvalue weighted by atomic mass is 9.98. The standard InChI is InChI=1S/C37H66O7/c1-3-4-5-6-7-8-9-10-11-12-13-14-15-19-22-33(39)34(40)24-25-35(41)36-26-23-32(44-36)21-18-16-17-20-31(38)28-30-27-29(2)43-37(30)42/h14-15,27,29,31-36,38-41H,3-13,16-26,28H2,1-2H3/b15-14-/t29-,31-,32-,33-,34+,35-,36+/m0/s1. The summed E-state index contributed by atoms with van der Waals surface area (Å²) in [5.41, 5.74) is 0.582. The molecular weight excluding hydrogens is 556 g/mol. The predicted molar refractivity (Wildman–Crippen MR) is 177 cm³/mol. The van der Waals surface area contributed by atoms with E-state index in [0.29, 0.717) is 37.7 Å². The van der Waals surface area contributed by atoms with Crippen molar-refractivity contribution in [3.8, 4) is 0 Å². The minimum Gasteiger partial charge on any atom is -0.455 e. The molecule has 0 aromatic carbocycles. The number of hydrogen-bond donors (Lipinski definition) is 4. The molecule has 2 aliphatic heterocycles. The summed E-state index contributed by atoms with van der Waals surface area (Å²) in [6.45, 7) is 4.08. The van der Waals surface area contributed by atoms with Crippen molar-refractivity contribution in [1.29, 1.82) is 0 Å². The van der Waals surface area contributed by atoms with Gasteiger partial charge in [0.25, 0.3) is 0 Å². The summed E-state index contributed by atoms with van der Waals surface area (Å²) in [5, 5.41) is 41.6. The summed E-state index contributed by atoms with van der Waals surface area (Å²) in [7, 11) is 0. The fourth-order valence-corrected chi connectivity index (χ4v) is 6.46. The summed E-state index contributed by atoms with van der Waals surface area (Å²) in [4.78, 5) is 11.7. The van der Waals surface area contributed by atoms with Crippen LogP contribution in [0, 0.1) is 0 Å². The highest BCUT2D eigenvalue weighted by Crippen LogP contribution is 2.28. The van der Waals surface area contributed by atoms with E-state index in [1.165, 1.54) is 64.2 Å². The van der Waals surface area contributed by atoms with E-state index in [2.05, 4.69) is 19.1 Å². The Morgan fingerprint density at radius 2 is 1.41 bits per heavy atom. The molecule has 4 N–H and O–H groups in total. The van der Waals surface area contributed by atoms with Gasteiger partial charge in [0, 0.05) is 12.0 Å². The van der Waals surface area contributed by atoms with Crippen molar-refractivity contribution in [2.24, 2.45) is 0 Å². The van der Waals surface area contributed by atoms with Gasteiger partial charge in [-0.25, -0.2) is 4.79 Å². The second-order valence-corrected chi connectivity index (χ2v) is 13.5. The van der Waals surface area contributed by atoms with Crippen molar-refractivity contribution in [2.75, 3.05) is 0 Å². The van der Waals surface area contributed by atoms with Gasteiger partial charge in [0.05, 0.1) is 36.6 Å². The Labute approximate surface area is 268 Å². The van der Waals surface area contributed by atoms with Crippen molar-refractivity contribution in [3.05, 3.63) is 23.8 Å². The Morgan fingerprint density at radius 3 is 2.09 bits per heavy atom. The summed E-state index contributed by atoms with van der Waals surface area (Å²) in [6.07, 6.45) is 26.3. The molecule has 1 saturated heterocycles. The third-order valence-electron chi connectivity index (χ3n) is 9.30. The van der Waals surface area contributed by atoms with Gasteiger partial charge in [0.1, 0.15) is 6.10 Å². The van der Waals surface area contributed by atoms with Crippen LogP contribution in [-0.4, -0.2) is 69.1 Å². The molecule has 0 bridgehead atoms. The average Bonchev–Trinajstić information content (AvgIpc) is 3.60. The van der Waals surface area contributed by atoms with Crippen LogP contribution in [0.4, 0.5) is 0 Å². The number of carbonyl (C=O) groups is 1. The van der Waals surface area contributed by atoms with Crippen molar-refractivity contribution in [3.63, 3.8) is 0 Å². The van der Waals surface area contributed by atoms with Gasteiger partial charge in [-0.3, -0.25) is 0 Å². The number of aliphatic hydroxyl groups excluding tert-OH is 4. The van der Waals surface area contributed by atoms with E-state index < -0.39 is 24.4 Å². The summed E-state index contributed by atoms with van der Waals surface area (Å²) in [5.74, 6) is -0.310. The largest absolute Gasteiger partial charge is 0.455 e. The number of ether oxygens (including phenoxy) is 2. The molecule has 0 aromatic heterocycles. The van der Waals surface area contributed by atoms with E-state index in [-0.39, 0.29) is 24.3 Å². The highest BCUT2D eigenvalue weighted by Gasteiger charge is 2.31. The normalized spacial score (nSPS) is 23.2. The van der Waals surface area contributed by atoms with Crippen LogP contribution in [0.1, 0.15) is 162 Å². The van der Waals surface area contributed by atoms with Gasteiger partial charge >= 0.3 is 5.97 Å². The van der Waals surface area contributed by atoms with E-state index in [1.54, 1.807) is 6.08 Å². The molecule has 2 rings (SSSR count). The van der Waals surface area contributed by atoms with Crippen molar-refractivity contribution >= 4 is 5.97 Å². The number of carbonyl (C=O) groups excluding carboxylic acids is 1. The first-order valence-corrected chi connectivity index (χ1v) is 18.2. The van der Waals surface area contributed by atoms with E-state index in [4.69, 9.17) is 9.47 Å². The molecule has 44 heavy (non-hydrogen) atoms. The van der Waals surface area contributed by atoms with Crippen molar-refractivity contribution < 1.29 is 34.7 Å². The Morgan fingerprint density at radius 1 is 0.773 bits per heavy atom. The first kappa shape index (κ1) is 38.9. The Balaban J connectivity index is 1.43. The molecule has 7 atom stereocenters. The van der Waals surface area contributed by atoms with Crippen LogP contribution >= 0.6 is 0 Å². The Kier molecular flexibility index (Phi) is 21.2. The smallest absolute Gasteiger partial charge is 0.334 e. The fourth-order valence-electron chi connectivity index (χ4n) is 6.46. The Hall–Kier alpha value is -1.25. The molecule has 0 spiro atoms. The van der Waals surface area contributed by atoms with Crippen LogP contribution in [0.5, 0.6) is 0 Å². The van der Waals surface area contributed by atoms with Gasteiger partial charge in [-0.05, 0) is 77.2 Å². The SMILES string of the molecule is CCCCCCCCCCCC/C=C\CC[C@H](O)[C@H](O)CC[C@H](O)[C@H]1CC[C@H](CCCCC[C@H](O)CC2=C[C@H](C)OC2=O)O1. The van der Waals surface area contributed by atoms with Gasteiger partial charge in [-0.1, -0.05) is 96.1 Å². The zero-order chi connectivity index (χ0) is 32.0. The van der Waals surface area contributed by atoms with Crippen LogP contribution in [0.15, 0.2) is 23.8 Å². The molecule has 0 saturated carbocycles. The van der Waals surface area contributed by atoms with Crippen molar-refractivity contribution in [1.82, 2.24) is 0 Å². The second kappa shape index (κ2) is 24.0. The minimum absolute atomic E-state index is 0.141. The first-order valence-electron chi connectivity index (χ1n) is 18.2. The highest BCUT2D eigenvalue weighted by molar-refractivity contribution is 5.90. The zero-order valence-corrected chi connectivity index (χ0v) is 28.1. The number of hydrogen-bond acceptors (Lipinski definition) is 7. The van der Waals surface area contributed by atoms with Gasteiger partial charge < -0.3 is 29.9 Å². The molecule has 0 unspecified atom stereocenters. The summed E-state index contributed by atoms with van der Waals surface area (Å²) < 4.78 is 11.2. The molecule has 7 nitrogen and oxygen atoms in total. The lowest BCUT2D eigenvalue weighted by Crippen LogP contribution is -2.31. The Bertz CT molecular complexity index is 797. The molecule has 2 aliphatic rings. The molecule has 2 heterocycles. The number of rotatable bonds is 27. The highest BCUT2D eigenvalue weighted by atomic mass is 16.5. The average molecular weight is 623 g/mol. The quantitative estimate of drug-likeness (QED) is 0.0423. The monoisotopic (exact) mass is 622 g/mol. The molecular formula is C37H66O7. The molecule has 0 aromatic rings. The second-order valence-electron chi connectivity index (χ2n) is 13.5. The number of cyclic esters (lactones) is 1. The molecule has 0 amide bonds. The summed E-state index contributed by atoms with van der Waals surface area (Å²) >= 11 is 0. The van der Waals surface area contributed by atoms with E-state index in [9.17, 15) is 25.2 Å². The molecule has 0 aliphatic carbocycles. The van der Waals surface area contributed by atoms with Crippen LogP contribution in [0.3, 0.4) is 0 Å². The fraction of sp³-hybridized carbons (Fsp3) is 0.865. The maximum Gasteiger partial charge on any atom is 0.334 e. The van der Waals surface area contributed by atoms with Crippen molar-refractivity contribution in [2.45, 2.75) is 204 Å². The lowest BCUT2D eigenvalue weighted by Gasteiger charge is -2.22.